The van der Waals surface area contributed by atoms with E-state index in [1.54, 1.807) is 48.5 Å². The molecule has 31 heavy (non-hydrogen) atoms. The number of hydrazone groups is 1. The van der Waals surface area contributed by atoms with Crippen LogP contribution >= 0.6 is 0 Å². The summed E-state index contributed by atoms with van der Waals surface area (Å²) in [6.45, 7) is 2.06. The van der Waals surface area contributed by atoms with Gasteiger partial charge in [-0.2, -0.15) is 5.10 Å². The first kappa shape index (κ1) is 23.4. The number of rotatable bonds is 12. The molecule has 0 saturated heterocycles. The summed E-state index contributed by atoms with van der Waals surface area (Å²) in [5.74, 6) is -0.819. The average Bonchev–Trinajstić information content (AvgIpc) is 2.77. The molecule has 0 radical (unpaired) electrons. The Morgan fingerprint density at radius 1 is 1.00 bits per heavy atom. The van der Waals surface area contributed by atoms with Crippen LogP contribution in [0, 0.1) is 0 Å². The normalized spacial score (nSPS) is 10.5. The predicted octanol–water partition coefficient (Wildman–Crippen LogP) is 2.21. The Labute approximate surface area is 180 Å². The molecule has 0 heterocycles. The Kier molecular flexibility index (Phi) is 9.54. The van der Waals surface area contributed by atoms with E-state index in [1.807, 2.05) is 0 Å². The molecule has 0 atom stereocenters. The maximum atomic E-state index is 12.1. The van der Waals surface area contributed by atoms with Crippen molar-refractivity contribution in [3.8, 4) is 11.5 Å². The van der Waals surface area contributed by atoms with Gasteiger partial charge in [0, 0.05) is 5.56 Å². The Morgan fingerprint density at radius 3 is 2.29 bits per heavy atom. The van der Waals surface area contributed by atoms with Crippen molar-refractivity contribution in [3.05, 3.63) is 59.7 Å². The quantitative estimate of drug-likeness (QED) is 0.271. The molecule has 0 unspecified atom stereocenters. The number of nitrogens with one attached hydrogen (secondary N) is 2. The van der Waals surface area contributed by atoms with Crippen molar-refractivity contribution >= 4 is 24.0 Å². The van der Waals surface area contributed by atoms with Gasteiger partial charge in [0.05, 0.1) is 19.4 Å². The number of hydrogen-bond acceptors (Lipinski definition) is 6. The van der Waals surface area contributed by atoms with E-state index < -0.39 is 18.5 Å². The highest BCUT2D eigenvalue weighted by molar-refractivity contribution is 5.96. The number of hydrogen-bond donors (Lipinski definition) is 3. The second-order valence-corrected chi connectivity index (χ2v) is 6.45. The van der Waals surface area contributed by atoms with Crippen LogP contribution in [0.25, 0.3) is 0 Å². The van der Waals surface area contributed by atoms with Crippen LogP contribution in [0.1, 0.15) is 35.7 Å². The summed E-state index contributed by atoms with van der Waals surface area (Å²) in [4.78, 5) is 34.4. The van der Waals surface area contributed by atoms with E-state index in [9.17, 15) is 14.4 Å². The Hall–Kier alpha value is -3.88. The lowest BCUT2D eigenvalue weighted by Crippen LogP contribution is -2.34. The predicted molar refractivity (Wildman–Crippen MR) is 114 cm³/mol. The van der Waals surface area contributed by atoms with Crippen LogP contribution in [0.15, 0.2) is 53.6 Å². The molecular formula is C22H25N3O6. The summed E-state index contributed by atoms with van der Waals surface area (Å²) in [5, 5.41) is 14.9. The second kappa shape index (κ2) is 12.6. The van der Waals surface area contributed by atoms with Crippen LogP contribution in [0.5, 0.6) is 11.5 Å². The van der Waals surface area contributed by atoms with Crippen LogP contribution < -0.4 is 20.2 Å². The first-order valence-corrected chi connectivity index (χ1v) is 9.75. The number of unbranched alkanes of at least 4 members (excludes halogenated alkanes) is 1. The molecule has 0 aromatic heterocycles. The fourth-order valence-corrected chi connectivity index (χ4v) is 2.31. The van der Waals surface area contributed by atoms with E-state index in [0.717, 1.165) is 12.8 Å². The van der Waals surface area contributed by atoms with Crippen LogP contribution in [0.2, 0.25) is 0 Å². The van der Waals surface area contributed by atoms with Gasteiger partial charge in [-0.15, -0.1) is 0 Å². The average molecular weight is 427 g/mol. The summed E-state index contributed by atoms with van der Waals surface area (Å²) in [5.41, 5.74) is 3.41. The van der Waals surface area contributed by atoms with Crippen molar-refractivity contribution in [2.24, 2.45) is 5.10 Å². The van der Waals surface area contributed by atoms with Crippen molar-refractivity contribution in [2.75, 3.05) is 19.8 Å². The third-order valence-corrected chi connectivity index (χ3v) is 3.94. The molecule has 9 heteroatoms. The van der Waals surface area contributed by atoms with Crippen molar-refractivity contribution in [3.63, 3.8) is 0 Å². The molecule has 2 aromatic rings. The zero-order valence-corrected chi connectivity index (χ0v) is 17.2. The zero-order valence-electron chi connectivity index (χ0n) is 17.2. The molecule has 0 saturated carbocycles. The van der Waals surface area contributed by atoms with Gasteiger partial charge >= 0.3 is 5.97 Å². The van der Waals surface area contributed by atoms with E-state index in [2.05, 4.69) is 22.8 Å². The number of nitrogens with zero attached hydrogens (tertiary/aromatic N) is 1. The molecule has 2 rings (SSSR count). The lowest BCUT2D eigenvalue weighted by atomic mass is 10.2. The van der Waals surface area contributed by atoms with Crippen LogP contribution in [-0.4, -0.2) is 48.9 Å². The smallest absolute Gasteiger partial charge is 0.341 e. The molecule has 3 N–H and O–H groups in total. The molecule has 164 valence electrons. The van der Waals surface area contributed by atoms with Gasteiger partial charge < -0.3 is 19.9 Å². The molecule has 0 fully saturated rings. The minimum Gasteiger partial charge on any atom is -0.494 e. The number of ether oxygens (including phenoxy) is 2. The number of aliphatic carboxylic acids is 1. The van der Waals surface area contributed by atoms with E-state index in [-0.39, 0.29) is 12.5 Å². The summed E-state index contributed by atoms with van der Waals surface area (Å²) >= 11 is 0. The van der Waals surface area contributed by atoms with Crippen molar-refractivity contribution in [1.82, 2.24) is 10.7 Å². The minimum atomic E-state index is -1.06. The number of carboxylic acid groups (broad SMARTS) is 1. The highest BCUT2D eigenvalue weighted by Gasteiger charge is 2.08. The number of carbonyl (C=O) groups is 3. The summed E-state index contributed by atoms with van der Waals surface area (Å²) < 4.78 is 10.6. The second-order valence-electron chi connectivity index (χ2n) is 6.45. The molecule has 0 aliphatic heterocycles. The van der Waals surface area contributed by atoms with Gasteiger partial charge in [-0.05, 0) is 60.5 Å². The van der Waals surface area contributed by atoms with E-state index in [0.29, 0.717) is 29.2 Å². The van der Waals surface area contributed by atoms with Gasteiger partial charge in [0.2, 0.25) is 0 Å². The SMILES string of the molecule is CCCCOc1ccc(C(=O)NCC(=O)N/N=C\c2ccc(OCC(=O)O)cc2)cc1. The number of carboxylic acids is 1. The molecule has 0 bridgehead atoms. The van der Waals surface area contributed by atoms with E-state index in [1.165, 1.54) is 6.21 Å². The van der Waals surface area contributed by atoms with Gasteiger partial charge in [-0.1, -0.05) is 13.3 Å². The minimum absolute atomic E-state index is 0.229. The number of carbonyl (C=O) groups excluding carboxylic acids is 2. The molecule has 0 spiro atoms. The highest BCUT2D eigenvalue weighted by Crippen LogP contribution is 2.13. The summed E-state index contributed by atoms with van der Waals surface area (Å²) in [6.07, 6.45) is 3.42. The van der Waals surface area contributed by atoms with Crippen LogP contribution in [0.4, 0.5) is 0 Å². The highest BCUT2D eigenvalue weighted by atomic mass is 16.5. The molecule has 2 amide bonds. The summed E-state index contributed by atoms with van der Waals surface area (Å²) in [6, 6.07) is 13.2. The maximum absolute atomic E-state index is 12.1. The first-order valence-electron chi connectivity index (χ1n) is 9.75. The zero-order chi connectivity index (χ0) is 22.5. The van der Waals surface area contributed by atoms with Crippen LogP contribution in [-0.2, 0) is 9.59 Å². The number of amides is 2. The van der Waals surface area contributed by atoms with Gasteiger partial charge in [-0.3, -0.25) is 9.59 Å². The Morgan fingerprint density at radius 2 is 1.65 bits per heavy atom. The molecule has 9 nitrogen and oxygen atoms in total. The fraction of sp³-hybridized carbons (Fsp3) is 0.273. The van der Waals surface area contributed by atoms with Gasteiger partial charge in [0.1, 0.15) is 11.5 Å². The van der Waals surface area contributed by atoms with Crippen molar-refractivity contribution in [2.45, 2.75) is 19.8 Å². The third-order valence-electron chi connectivity index (χ3n) is 3.94. The first-order chi connectivity index (χ1) is 15.0. The van der Waals surface area contributed by atoms with Crippen LogP contribution in [0.3, 0.4) is 0 Å². The van der Waals surface area contributed by atoms with Crippen molar-refractivity contribution < 1.29 is 29.0 Å². The van der Waals surface area contributed by atoms with Gasteiger partial charge in [0.25, 0.3) is 11.8 Å². The van der Waals surface area contributed by atoms with Gasteiger partial charge in [-0.25, -0.2) is 10.2 Å². The monoisotopic (exact) mass is 427 g/mol. The van der Waals surface area contributed by atoms with E-state index in [4.69, 9.17) is 14.6 Å². The molecule has 2 aromatic carbocycles. The lowest BCUT2D eigenvalue weighted by molar-refractivity contribution is -0.139. The third kappa shape index (κ3) is 8.99. The molecular weight excluding hydrogens is 402 g/mol. The number of benzene rings is 2. The summed E-state index contributed by atoms with van der Waals surface area (Å²) in [7, 11) is 0. The van der Waals surface area contributed by atoms with Gasteiger partial charge in [0.15, 0.2) is 6.61 Å². The molecule has 0 aliphatic rings. The Bertz CT molecular complexity index is 894. The van der Waals surface area contributed by atoms with E-state index >= 15 is 0 Å². The molecule has 0 aliphatic carbocycles. The van der Waals surface area contributed by atoms with Crippen molar-refractivity contribution in [1.29, 1.82) is 0 Å². The maximum Gasteiger partial charge on any atom is 0.341 e. The Balaban J connectivity index is 1.72. The topological polar surface area (TPSA) is 126 Å². The standard InChI is InChI=1S/C22H25N3O6/c1-2-3-12-30-18-10-6-17(7-11-18)22(29)23-14-20(26)25-24-13-16-4-8-19(9-5-16)31-15-21(27)28/h4-11,13H,2-3,12,14-15H2,1H3,(H,23,29)(H,25,26)(H,27,28)/b24-13-. The fourth-order valence-electron chi connectivity index (χ4n) is 2.31. The lowest BCUT2D eigenvalue weighted by Gasteiger charge is -2.07. The largest absolute Gasteiger partial charge is 0.494 e.